The Hall–Kier alpha value is -4.59. The summed E-state index contributed by atoms with van der Waals surface area (Å²) in [6.45, 7) is 4.27. The first-order valence-corrected chi connectivity index (χ1v) is 12.2. The first-order valence-electron chi connectivity index (χ1n) is 12.2. The van der Waals surface area contributed by atoms with E-state index in [9.17, 15) is 14.4 Å². The molecule has 0 bridgehead atoms. The van der Waals surface area contributed by atoms with Gasteiger partial charge in [0.05, 0.1) is 13.1 Å². The second-order valence-electron chi connectivity index (χ2n) is 8.92. The molecule has 0 saturated heterocycles. The normalized spacial score (nSPS) is 10.8. The summed E-state index contributed by atoms with van der Waals surface area (Å²) in [5, 5.41) is 3.02. The predicted molar refractivity (Wildman–Crippen MR) is 148 cm³/mol. The number of aryl methyl sites for hydroxylation is 2. The van der Waals surface area contributed by atoms with E-state index in [1.165, 1.54) is 4.57 Å². The van der Waals surface area contributed by atoms with Crippen molar-refractivity contribution in [2.24, 2.45) is 0 Å². The number of aromatic amines is 1. The molecular formula is C29H31N5O3. The Bertz CT molecular complexity index is 1490. The third-order valence-electron chi connectivity index (χ3n) is 6.27. The zero-order valence-electron chi connectivity index (χ0n) is 21.0. The lowest BCUT2D eigenvalue weighted by Crippen LogP contribution is -2.41. The molecule has 0 atom stereocenters. The highest BCUT2D eigenvalue weighted by molar-refractivity contribution is 5.95. The van der Waals surface area contributed by atoms with Crippen molar-refractivity contribution in [2.75, 3.05) is 22.5 Å². The van der Waals surface area contributed by atoms with Gasteiger partial charge in [-0.25, -0.2) is 4.79 Å². The Labute approximate surface area is 215 Å². The Balaban J connectivity index is 1.72. The van der Waals surface area contributed by atoms with E-state index in [1.807, 2.05) is 92.7 Å². The Kier molecular flexibility index (Phi) is 7.88. The Morgan fingerprint density at radius 2 is 1.59 bits per heavy atom. The maximum absolute atomic E-state index is 13.3. The molecule has 1 amide bonds. The van der Waals surface area contributed by atoms with Gasteiger partial charge in [0.2, 0.25) is 5.91 Å². The van der Waals surface area contributed by atoms with Gasteiger partial charge in [-0.2, -0.15) is 0 Å². The minimum atomic E-state index is -0.638. The van der Waals surface area contributed by atoms with E-state index in [1.54, 1.807) is 4.90 Å². The van der Waals surface area contributed by atoms with Crippen LogP contribution in [0.4, 0.5) is 17.2 Å². The lowest BCUT2D eigenvalue weighted by molar-refractivity contribution is -0.115. The number of nitrogens with one attached hydrogen (secondary N) is 2. The van der Waals surface area contributed by atoms with Crippen LogP contribution in [0.3, 0.4) is 0 Å². The van der Waals surface area contributed by atoms with Crippen molar-refractivity contribution < 1.29 is 4.79 Å². The van der Waals surface area contributed by atoms with Crippen molar-refractivity contribution >= 4 is 23.1 Å². The molecule has 3 aromatic carbocycles. The highest BCUT2D eigenvalue weighted by Gasteiger charge is 2.22. The Morgan fingerprint density at radius 3 is 2.24 bits per heavy atom. The number of benzene rings is 3. The number of carbonyl (C=O) groups excluding carboxylic acids is 1. The monoisotopic (exact) mass is 497 g/mol. The molecule has 4 N–H and O–H groups in total. The smallest absolute Gasteiger partial charge is 0.330 e. The number of carbonyl (C=O) groups is 1. The number of aromatic nitrogens is 2. The first kappa shape index (κ1) is 25.5. The number of nitrogens with two attached hydrogens (primary N) is 1. The first-order chi connectivity index (χ1) is 17.9. The summed E-state index contributed by atoms with van der Waals surface area (Å²) < 4.78 is 1.32. The second-order valence-corrected chi connectivity index (χ2v) is 8.92. The summed E-state index contributed by atoms with van der Waals surface area (Å²) in [5.74, 6) is -0.286. The zero-order chi connectivity index (χ0) is 26.4. The molecule has 1 heterocycles. The summed E-state index contributed by atoms with van der Waals surface area (Å²) in [7, 11) is 0. The van der Waals surface area contributed by atoms with Gasteiger partial charge in [-0.1, -0.05) is 85.8 Å². The number of amides is 1. The Morgan fingerprint density at radius 1 is 0.946 bits per heavy atom. The third-order valence-corrected chi connectivity index (χ3v) is 6.27. The van der Waals surface area contributed by atoms with Gasteiger partial charge >= 0.3 is 5.69 Å². The van der Waals surface area contributed by atoms with Gasteiger partial charge in [-0.15, -0.1) is 0 Å². The topological polar surface area (TPSA) is 113 Å². The fraction of sp³-hybridized carbons (Fsp3) is 0.207. The molecule has 37 heavy (non-hydrogen) atoms. The van der Waals surface area contributed by atoms with Gasteiger partial charge in [0.25, 0.3) is 5.56 Å². The van der Waals surface area contributed by atoms with Crippen LogP contribution in [0, 0.1) is 6.92 Å². The quantitative estimate of drug-likeness (QED) is 0.326. The number of hydrogen-bond acceptors (Lipinski definition) is 5. The molecule has 4 aromatic rings. The number of rotatable bonds is 9. The van der Waals surface area contributed by atoms with Crippen LogP contribution in [0.25, 0.3) is 0 Å². The van der Waals surface area contributed by atoms with Gasteiger partial charge in [-0.3, -0.25) is 19.1 Å². The SMILES string of the molecule is CCc1cccc(C)c1NC(=O)CN(Cc1ccccc1)c1c(N)n(Cc2ccccc2)c(=O)[nH]c1=O. The number of nitrogens with zero attached hydrogens (tertiary/aromatic N) is 2. The van der Waals surface area contributed by atoms with Crippen LogP contribution in [0.1, 0.15) is 29.2 Å². The molecular weight excluding hydrogens is 466 g/mol. The number of anilines is 3. The van der Waals surface area contributed by atoms with Crippen molar-refractivity contribution in [2.45, 2.75) is 33.4 Å². The maximum Gasteiger partial charge on any atom is 0.330 e. The standard InChI is InChI=1S/C29H31N5O3/c1-3-23-16-10-11-20(2)25(23)31-24(35)19-33(17-21-12-6-4-7-13-21)26-27(30)34(29(37)32-28(26)36)18-22-14-8-5-9-15-22/h4-16H,3,17-19,30H2,1-2H3,(H,31,35)(H,32,36,37). The minimum absolute atomic E-state index is 0.00599. The van der Waals surface area contributed by atoms with E-state index in [0.717, 1.165) is 34.4 Å². The summed E-state index contributed by atoms with van der Waals surface area (Å²) in [5.41, 5.74) is 9.78. The third kappa shape index (κ3) is 5.98. The van der Waals surface area contributed by atoms with E-state index in [2.05, 4.69) is 10.3 Å². The summed E-state index contributed by atoms with van der Waals surface area (Å²) in [6.07, 6.45) is 0.766. The van der Waals surface area contributed by atoms with Crippen LogP contribution >= 0.6 is 0 Å². The van der Waals surface area contributed by atoms with E-state index in [0.29, 0.717) is 0 Å². The molecule has 0 aliphatic carbocycles. The van der Waals surface area contributed by atoms with Crippen molar-refractivity contribution in [1.29, 1.82) is 0 Å². The molecule has 4 rings (SSSR count). The fourth-order valence-electron chi connectivity index (χ4n) is 4.38. The van der Waals surface area contributed by atoms with Gasteiger partial charge in [-0.05, 0) is 35.6 Å². The maximum atomic E-state index is 13.3. The van der Waals surface area contributed by atoms with Gasteiger partial charge in [0, 0.05) is 12.2 Å². The van der Waals surface area contributed by atoms with Gasteiger partial charge in [0.1, 0.15) is 11.5 Å². The number of para-hydroxylation sites is 1. The summed E-state index contributed by atoms with van der Waals surface area (Å²) in [6, 6.07) is 24.7. The molecule has 0 aliphatic rings. The van der Waals surface area contributed by atoms with Crippen molar-refractivity contribution in [3.05, 3.63) is 122 Å². The average molecular weight is 498 g/mol. The largest absolute Gasteiger partial charge is 0.383 e. The van der Waals surface area contributed by atoms with Crippen LogP contribution in [0.15, 0.2) is 88.5 Å². The van der Waals surface area contributed by atoms with Crippen molar-refractivity contribution in [3.8, 4) is 0 Å². The zero-order valence-corrected chi connectivity index (χ0v) is 21.0. The van der Waals surface area contributed by atoms with Crippen LogP contribution in [-0.4, -0.2) is 22.0 Å². The van der Waals surface area contributed by atoms with Crippen molar-refractivity contribution in [1.82, 2.24) is 9.55 Å². The number of H-pyrrole nitrogens is 1. The van der Waals surface area contributed by atoms with E-state index in [4.69, 9.17) is 5.73 Å². The molecule has 0 saturated carbocycles. The van der Waals surface area contributed by atoms with Gasteiger partial charge in [0.15, 0.2) is 0 Å². The van der Waals surface area contributed by atoms with Crippen LogP contribution in [0.2, 0.25) is 0 Å². The van der Waals surface area contributed by atoms with Crippen LogP contribution in [0.5, 0.6) is 0 Å². The van der Waals surface area contributed by atoms with Crippen LogP contribution in [-0.2, 0) is 24.3 Å². The molecule has 0 unspecified atom stereocenters. The predicted octanol–water partition coefficient (Wildman–Crippen LogP) is 3.68. The number of hydrogen-bond donors (Lipinski definition) is 3. The second kappa shape index (κ2) is 11.4. The highest BCUT2D eigenvalue weighted by Crippen LogP contribution is 2.23. The molecule has 0 fully saturated rings. The molecule has 1 aromatic heterocycles. The molecule has 0 aliphatic heterocycles. The van der Waals surface area contributed by atoms with E-state index in [-0.39, 0.29) is 37.0 Å². The van der Waals surface area contributed by atoms with Gasteiger partial charge < -0.3 is 16.0 Å². The lowest BCUT2D eigenvalue weighted by atomic mass is 10.1. The molecule has 190 valence electrons. The molecule has 0 radical (unpaired) electrons. The molecule has 8 heteroatoms. The van der Waals surface area contributed by atoms with Crippen LogP contribution < -0.4 is 27.2 Å². The molecule has 8 nitrogen and oxygen atoms in total. The summed E-state index contributed by atoms with van der Waals surface area (Å²) in [4.78, 5) is 43.1. The number of nitrogen functional groups attached to an aromatic ring is 1. The fourth-order valence-corrected chi connectivity index (χ4v) is 4.38. The average Bonchev–Trinajstić information content (AvgIpc) is 2.88. The highest BCUT2D eigenvalue weighted by atomic mass is 16.2. The lowest BCUT2D eigenvalue weighted by Gasteiger charge is -2.26. The van der Waals surface area contributed by atoms with E-state index >= 15 is 0 Å². The summed E-state index contributed by atoms with van der Waals surface area (Å²) >= 11 is 0. The molecule has 0 spiro atoms. The van der Waals surface area contributed by atoms with E-state index < -0.39 is 11.2 Å². The minimum Gasteiger partial charge on any atom is -0.383 e. The van der Waals surface area contributed by atoms with Crippen molar-refractivity contribution in [3.63, 3.8) is 0 Å².